The fraction of sp³-hybridized carbons (Fsp3) is 0.125. The number of ketones is 1. The number of rotatable bonds is 1. The van der Waals surface area contributed by atoms with Crippen molar-refractivity contribution >= 4 is 43.3 Å². The maximum absolute atomic E-state index is 11.0. The summed E-state index contributed by atoms with van der Waals surface area (Å²) >= 11 is 5.01. The van der Waals surface area contributed by atoms with E-state index in [1.54, 1.807) is 18.3 Å². The van der Waals surface area contributed by atoms with Crippen molar-refractivity contribution < 1.29 is 4.79 Å². The third-order valence-corrected chi connectivity index (χ3v) is 3.57. The molecule has 0 saturated heterocycles. The molecule has 2 aromatic heterocycles. The Labute approximate surface area is 81.7 Å². The van der Waals surface area contributed by atoms with Gasteiger partial charge in [0.25, 0.3) is 0 Å². The zero-order valence-corrected chi connectivity index (χ0v) is 8.75. The minimum atomic E-state index is 0.0744. The zero-order valence-electron chi connectivity index (χ0n) is 6.35. The second-order valence-corrected chi connectivity index (χ2v) is 4.30. The lowest BCUT2D eigenvalue weighted by Crippen LogP contribution is -1.89. The summed E-state index contributed by atoms with van der Waals surface area (Å²) in [6.07, 6.45) is 0. The van der Waals surface area contributed by atoms with Gasteiger partial charge in [0.05, 0.1) is 5.69 Å². The van der Waals surface area contributed by atoms with Gasteiger partial charge in [0, 0.05) is 22.2 Å². The van der Waals surface area contributed by atoms with Crippen LogP contribution in [0, 0.1) is 0 Å². The van der Waals surface area contributed by atoms with Crippen molar-refractivity contribution in [1.82, 2.24) is 4.98 Å². The van der Waals surface area contributed by atoms with Gasteiger partial charge in [0.15, 0.2) is 5.78 Å². The van der Waals surface area contributed by atoms with Gasteiger partial charge in [-0.25, -0.2) is 0 Å². The Hall–Kier alpha value is -0.610. The molecule has 0 atom stereocenters. The predicted molar refractivity (Wildman–Crippen MR) is 53.9 cm³/mol. The lowest BCUT2D eigenvalue weighted by Gasteiger charge is -1.84. The van der Waals surface area contributed by atoms with Crippen LogP contribution in [0.25, 0.3) is 10.2 Å². The Morgan fingerprint density at radius 2 is 2.42 bits per heavy atom. The molecule has 0 aliphatic heterocycles. The van der Waals surface area contributed by atoms with E-state index in [1.165, 1.54) is 0 Å². The molecular formula is C8H6BrNOS. The number of aromatic amines is 1. The van der Waals surface area contributed by atoms with Crippen LogP contribution in [0.15, 0.2) is 15.9 Å². The fourth-order valence-corrected chi connectivity index (χ4v) is 2.61. The Kier molecular flexibility index (Phi) is 1.81. The van der Waals surface area contributed by atoms with E-state index in [-0.39, 0.29) is 5.78 Å². The van der Waals surface area contributed by atoms with Gasteiger partial charge >= 0.3 is 0 Å². The summed E-state index contributed by atoms with van der Waals surface area (Å²) in [5, 5.41) is 3.09. The molecule has 1 N–H and O–H groups in total. The van der Waals surface area contributed by atoms with Crippen molar-refractivity contribution in [2.24, 2.45) is 0 Å². The Morgan fingerprint density at radius 1 is 1.67 bits per heavy atom. The standard InChI is InChI=1S/C8H6BrNOS/c1-4(11)7-2-5-6(9)3-12-8(5)10-7/h2-3,10H,1H3. The van der Waals surface area contributed by atoms with Crippen LogP contribution in [0.3, 0.4) is 0 Å². The largest absolute Gasteiger partial charge is 0.344 e. The molecule has 2 aromatic rings. The van der Waals surface area contributed by atoms with E-state index in [0.717, 1.165) is 14.7 Å². The molecule has 0 unspecified atom stereocenters. The van der Waals surface area contributed by atoms with Crippen molar-refractivity contribution in [2.75, 3.05) is 0 Å². The number of halogens is 1. The first-order valence-electron chi connectivity index (χ1n) is 3.45. The summed E-state index contributed by atoms with van der Waals surface area (Å²) in [4.78, 5) is 15.1. The monoisotopic (exact) mass is 243 g/mol. The summed E-state index contributed by atoms with van der Waals surface area (Å²) in [5.41, 5.74) is 0.678. The van der Waals surface area contributed by atoms with E-state index in [0.29, 0.717) is 5.69 Å². The first kappa shape index (κ1) is 8.01. The molecule has 0 radical (unpaired) electrons. The van der Waals surface area contributed by atoms with Crippen molar-refractivity contribution in [3.63, 3.8) is 0 Å². The molecule has 2 heterocycles. The predicted octanol–water partition coefficient (Wildman–Crippen LogP) is 3.19. The van der Waals surface area contributed by atoms with Crippen LogP contribution >= 0.6 is 27.3 Å². The van der Waals surface area contributed by atoms with Gasteiger partial charge in [-0.15, -0.1) is 11.3 Å². The van der Waals surface area contributed by atoms with Crippen LogP contribution < -0.4 is 0 Å². The maximum Gasteiger partial charge on any atom is 0.175 e. The molecule has 2 rings (SSSR count). The minimum Gasteiger partial charge on any atom is -0.344 e. The van der Waals surface area contributed by atoms with Crippen molar-refractivity contribution in [3.8, 4) is 0 Å². The van der Waals surface area contributed by atoms with Crippen molar-refractivity contribution in [1.29, 1.82) is 0 Å². The summed E-state index contributed by atoms with van der Waals surface area (Å²) in [5.74, 6) is 0.0744. The second kappa shape index (κ2) is 2.71. The van der Waals surface area contributed by atoms with Crippen LogP contribution in [-0.4, -0.2) is 10.8 Å². The molecule has 0 aliphatic rings. The number of aromatic nitrogens is 1. The number of fused-ring (bicyclic) bond motifs is 1. The van der Waals surface area contributed by atoms with Gasteiger partial charge < -0.3 is 4.98 Å². The first-order valence-corrected chi connectivity index (χ1v) is 5.12. The molecule has 2 nitrogen and oxygen atoms in total. The highest BCUT2D eigenvalue weighted by molar-refractivity contribution is 9.10. The van der Waals surface area contributed by atoms with E-state index >= 15 is 0 Å². The summed E-state index contributed by atoms with van der Waals surface area (Å²) < 4.78 is 1.05. The van der Waals surface area contributed by atoms with Gasteiger partial charge in [0.2, 0.25) is 0 Å². The van der Waals surface area contributed by atoms with Crippen LogP contribution in [0.1, 0.15) is 17.4 Å². The Morgan fingerprint density at radius 3 is 3.00 bits per heavy atom. The summed E-state index contributed by atoms with van der Waals surface area (Å²) in [7, 11) is 0. The quantitative estimate of drug-likeness (QED) is 0.767. The zero-order chi connectivity index (χ0) is 8.72. The molecule has 12 heavy (non-hydrogen) atoms. The topological polar surface area (TPSA) is 32.9 Å². The Balaban J connectivity index is 2.70. The molecule has 0 amide bonds. The molecule has 0 fully saturated rings. The number of carbonyl (C=O) groups excluding carboxylic acids is 1. The van der Waals surface area contributed by atoms with E-state index < -0.39 is 0 Å². The van der Waals surface area contributed by atoms with E-state index in [4.69, 9.17) is 0 Å². The van der Waals surface area contributed by atoms with Crippen LogP contribution in [0.2, 0.25) is 0 Å². The Bertz CT molecular complexity index is 443. The minimum absolute atomic E-state index is 0.0744. The molecule has 0 spiro atoms. The molecule has 4 heteroatoms. The van der Waals surface area contributed by atoms with Crippen LogP contribution in [0.5, 0.6) is 0 Å². The van der Waals surface area contributed by atoms with Crippen molar-refractivity contribution in [2.45, 2.75) is 6.92 Å². The molecule has 62 valence electrons. The highest BCUT2D eigenvalue weighted by Crippen LogP contribution is 2.30. The summed E-state index contributed by atoms with van der Waals surface area (Å²) in [6.45, 7) is 1.56. The average Bonchev–Trinajstić information content (AvgIpc) is 2.53. The van der Waals surface area contributed by atoms with E-state index in [9.17, 15) is 4.79 Å². The number of H-pyrrole nitrogens is 1. The van der Waals surface area contributed by atoms with E-state index in [1.807, 2.05) is 11.4 Å². The van der Waals surface area contributed by atoms with Gasteiger partial charge in [-0.1, -0.05) is 0 Å². The van der Waals surface area contributed by atoms with Gasteiger partial charge in [-0.2, -0.15) is 0 Å². The lowest BCUT2D eigenvalue weighted by atomic mass is 10.3. The van der Waals surface area contributed by atoms with Gasteiger partial charge in [-0.05, 0) is 22.0 Å². The fourth-order valence-electron chi connectivity index (χ4n) is 1.07. The molecule has 0 bridgehead atoms. The highest BCUT2D eigenvalue weighted by atomic mass is 79.9. The lowest BCUT2D eigenvalue weighted by molar-refractivity contribution is 0.101. The molecular weight excluding hydrogens is 238 g/mol. The smallest absolute Gasteiger partial charge is 0.175 e. The van der Waals surface area contributed by atoms with Crippen molar-refractivity contribution in [3.05, 3.63) is 21.6 Å². The number of Topliss-reactive ketones (excluding diaryl/α,β-unsaturated/α-hetero) is 1. The van der Waals surface area contributed by atoms with Gasteiger partial charge in [-0.3, -0.25) is 4.79 Å². The molecule has 0 aromatic carbocycles. The molecule has 0 aliphatic carbocycles. The third-order valence-electron chi connectivity index (χ3n) is 1.70. The number of nitrogens with one attached hydrogen (secondary N) is 1. The second-order valence-electron chi connectivity index (χ2n) is 2.57. The third kappa shape index (κ3) is 1.11. The number of hydrogen-bond acceptors (Lipinski definition) is 2. The van der Waals surface area contributed by atoms with Crippen LogP contribution in [0.4, 0.5) is 0 Å². The first-order chi connectivity index (χ1) is 5.68. The normalized spacial score (nSPS) is 10.8. The number of hydrogen-bond donors (Lipinski definition) is 1. The maximum atomic E-state index is 11.0. The van der Waals surface area contributed by atoms with E-state index in [2.05, 4.69) is 20.9 Å². The highest BCUT2D eigenvalue weighted by Gasteiger charge is 2.08. The van der Waals surface area contributed by atoms with Crippen LogP contribution in [-0.2, 0) is 0 Å². The summed E-state index contributed by atoms with van der Waals surface area (Å²) in [6, 6.07) is 1.87. The van der Waals surface area contributed by atoms with Gasteiger partial charge in [0.1, 0.15) is 4.83 Å². The SMILES string of the molecule is CC(=O)c1cc2c(Br)csc2[nH]1. The molecule has 0 saturated carbocycles. The average molecular weight is 244 g/mol. The number of carbonyl (C=O) groups is 1. The number of thiophene rings is 1.